The van der Waals surface area contributed by atoms with Crippen LogP contribution in [0.1, 0.15) is 38.8 Å². The van der Waals surface area contributed by atoms with E-state index in [1.165, 1.54) is 0 Å². The summed E-state index contributed by atoms with van der Waals surface area (Å²) in [6.07, 6.45) is 0. The van der Waals surface area contributed by atoms with Crippen LogP contribution in [0.3, 0.4) is 0 Å². The van der Waals surface area contributed by atoms with E-state index in [0.717, 1.165) is 11.1 Å². The summed E-state index contributed by atoms with van der Waals surface area (Å²) < 4.78 is 10.2. The van der Waals surface area contributed by atoms with Crippen LogP contribution in [0.4, 0.5) is 0 Å². The van der Waals surface area contributed by atoms with E-state index in [2.05, 4.69) is 5.32 Å². The van der Waals surface area contributed by atoms with Crippen LogP contribution in [0.25, 0.3) is 0 Å². The first-order valence-corrected chi connectivity index (χ1v) is 8.68. The summed E-state index contributed by atoms with van der Waals surface area (Å²) in [7, 11) is 0. The van der Waals surface area contributed by atoms with Crippen molar-refractivity contribution in [3.8, 4) is 5.75 Å². The number of carbonyl (C=O) groups is 3. The van der Waals surface area contributed by atoms with Gasteiger partial charge in [-0.15, -0.1) is 0 Å². The topological polar surface area (TPSA) is 81.7 Å². The summed E-state index contributed by atoms with van der Waals surface area (Å²) in [5.74, 6) is -0.702. The van der Waals surface area contributed by atoms with Crippen molar-refractivity contribution in [3.63, 3.8) is 0 Å². The van der Waals surface area contributed by atoms with Gasteiger partial charge in [-0.3, -0.25) is 14.4 Å². The van der Waals surface area contributed by atoms with E-state index < -0.39 is 5.97 Å². The van der Waals surface area contributed by atoms with Crippen molar-refractivity contribution in [2.75, 3.05) is 19.8 Å². The van der Waals surface area contributed by atoms with E-state index in [4.69, 9.17) is 9.47 Å². The molecule has 0 aromatic heterocycles. The first kappa shape index (κ1) is 20.2. The molecule has 2 rings (SSSR count). The molecule has 0 heterocycles. The van der Waals surface area contributed by atoms with Gasteiger partial charge in [0.1, 0.15) is 12.3 Å². The van der Waals surface area contributed by atoms with Crippen molar-refractivity contribution in [3.05, 3.63) is 64.7 Å². The molecule has 0 bridgehead atoms. The maximum atomic E-state index is 12.1. The molecule has 0 aliphatic carbocycles. The van der Waals surface area contributed by atoms with Crippen LogP contribution in [-0.2, 0) is 9.53 Å². The maximum absolute atomic E-state index is 12.1. The Hall–Kier alpha value is -3.15. The molecule has 0 atom stereocenters. The number of esters is 1. The first-order valence-electron chi connectivity index (χ1n) is 8.68. The molecule has 1 amide bonds. The molecule has 0 aliphatic heterocycles. The van der Waals surface area contributed by atoms with Gasteiger partial charge in [-0.2, -0.15) is 0 Å². The summed E-state index contributed by atoms with van der Waals surface area (Å²) in [4.78, 5) is 35.9. The number of hydrogen-bond acceptors (Lipinski definition) is 5. The van der Waals surface area contributed by atoms with Crippen LogP contribution < -0.4 is 10.1 Å². The van der Waals surface area contributed by atoms with Gasteiger partial charge in [-0.25, -0.2) is 0 Å². The number of benzene rings is 2. The third-order valence-corrected chi connectivity index (χ3v) is 4.01. The van der Waals surface area contributed by atoms with E-state index in [1.54, 1.807) is 36.4 Å². The smallest absolute Gasteiger partial charge is 0.325 e. The Morgan fingerprint density at radius 3 is 2.22 bits per heavy atom. The van der Waals surface area contributed by atoms with Gasteiger partial charge in [0.15, 0.2) is 12.4 Å². The third-order valence-electron chi connectivity index (χ3n) is 4.01. The van der Waals surface area contributed by atoms with Gasteiger partial charge in [-0.1, -0.05) is 6.07 Å². The van der Waals surface area contributed by atoms with Gasteiger partial charge in [0, 0.05) is 11.1 Å². The van der Waals surface area contributed by atoms with Crippen LogP contribution in [0.5, 0.6) is 5.75 Å². The number of nitrogens with one attached hydrogen (secondary N) is 1. The lowest BCUT2D eigenvalue weighted by Gasteiger charge is -2.08. The average Bonchev–Trinajstić information content (AvgIpc) is 2.67. The molecule has 142 valence electrons. The van der Waals surface area contributed by atoms with Crippen molar-refractivity contribution in [1.82, 2.24) is 5.32 Å². The van der Waals surface area contributed by atoms with Crippen LogP contribution in [0, 0.1) is 13.8 Å². The lowest BCUT2D eigenvalue weighted by Crippen LogP contribution is -2.31. The van der Waals surface area contributed by atoms with Gasteiger partial charge in [0.2, 0.25) is 0 Å². The Bertz CT molecular complexity index is 827. The highest BCUT2D eigenvalue weighted by molar-refractivity contribution is 5.99. The number of amides is 1. The zero-order valence-electron chi connectivity index (χ0n) is 15.7. The molecule has 2 aromatic rings. The molecule has 0 saturated carbocycles. The van der Waals surface area contributed by atoms with Gasteiger partial charge in [0.05, 0.1) is 6.61 Å². The van der Waals surface area contributed by atoms with E-state index in [1.807, 2.05) is 26.8 Å². The Morgan fingerprint density at radius 1 is 0.926 bits per heavy atom. The maximum Gasteiger partial charge on any atom is 0.325 e. The normalized spacial score (nSPS) is 10.2. The second-order valence-corrected chi connectivity index (χ2v) is 6.02. The predicted octanol–water partition coefficient (Wildman–Crippen LogP) is 2.86. The molecule has 6 nitrogen and oxygen atoms in total. The molecule has 0 radical (unpaired) electrons. The fourth-order valence-electron chi connectivity index (χ4n) is 2.32. The van der Waals surface area contributed by atoms with Gasteiger partial charge < -0.3 is 14.8 Å². The minimum absolute atomic E-state index is 0.303. The summed E-state index contributed by atoms with van der Waals surface area (Å²) in [5, 5.41) is 2.49. The van der Waals surface area contributed by atoms with Crippen LogP contribution in [-0.4, -0.2) is 37.4 Å². The zero-order chi connectivity index (χ0) is 19.8. The molecule has 0 aliphatic rings. The largest absolute Gasteiger partial charge is 0.494 e. The molecule has 0 fully saturated rings. The number of carbonyl (C=O) groups excluding carboxylic acids is 3. The highest BCUT2D eigenvalue weighted by Gasteiger charge is 2.12. The molecule has 6 heteroatoms. The van der Waals surface area contributed by atoms with Gasteiger partial charge in [-0.05, 0) is 68.3 Å². The fraction of sp³-hybridized carbons (Fsp3) is 0.286. The van der Waals surface area contributed by atoms with Crippen LogP contribution >= 0.6 is 0 Å². The van der Waals surface area contributed by atoms with Crippen molar-refractivity contribution in [2.45, 2.75) is 20.8 Å². The van der Waals surface area contributed by atoms with E-state index in [-0.39, 0.29) is 24.8 Å². The number of ether oxygens (including phenoxy) is 2. The highest BCUT2D eigenvalue weighted by Crippen LogP contribution is 2.12. The predicted molar refractivity (Wildman–Crippen MR) is 101 cm³/mol. The Labute approximate surface area is 158 Å². The Balaban J connectivity index is 1.79. The molecule has 0 saturated heterocycles. The van der Waals surface area contributed by atoms with E-state index in [9.17, 15) is 14.4 Å². The quantitative estimate of drug-likeness (QED) is 0.572. The summed E-state index contributed by atoms with van der Waals surface area (Å²) in [6.45, 7) is 5.59. The van der Waals surface area contributed by atoms with E-state index in [0.29, 0.717) is 23.5 Å². The molecular weight excluding hydrogens is 346 g/mol. The Morgan fingerprint density at radius 2 is 1.59 bits per heavy atom. The lowest BCUT2D eigenvalue weighted by atomic mass is 10.1. The molecule has 0 unspecified atom stereocenters. The molecule has 2 aromatic carbocycles. The van der Waals surface area contributed by atoms with Gasteiger partial charge >= 0.3 is 5.97 Å². The lowest BCUT2D eigenvalue weighted by molar-refractivity contribution is -0.141. The van der Waals surface area contributed by atoms with Crippen LogP contribution in [0.15, 0.2) is 42.5 Å². The van der Waals surface area contributed by atoms with Crippen LogP contribution in [0.2, 0.25) is 0 Å². The average molecular weight is 369 g/mol. The fourth-order valence-corrected chi connectivity index (χ4v) is 2.32. The number of aryl methyl sites for hydroxylation is 2. The summed E-state index contributed by atoms with van der Waals surface area (Å²) in [6, 6.07) is 11.9. The van der Waals surface area contributed by atoms with Crippen molar-refractivity contribution in [1.29, 1.82) is 0 Å². The zero-order valence-corrected chi connectivity index (χ0v) is 15.7. The second-order valence-electron chi connectivity index (χ2n) is 6.02. The molecular formula is C21H23NO5. The highest BCUT2D eigenvalue weighted by atomic mass is 16.5. The molecule has 1 N–H and O–H groups in total. The number of rotatable bonds is 8. The van der Waals surface area contributed by atoms with Crippen molar-refractivity contribution < 1.29 is 23.9 Å². The minimum Gasteiger partial charge on any atom is -0.494 e. The molecule has 27 heavy (non-hydrogen) atoms. The number of hydrogen-bond donors (Lipinski definition) is 1. The van der Waals surface area contributed by atoms with Crippen molar-refractivity contribution in [2.24, 2.45) is 0 Å². The van der Waals surface area contributed by atoms with Crippen molar-refractivity contribution >= 4 is 17.7 Å². The summed E-state index contributed by atoms with van der Waals surface area (Å²) >= 11 is 0. The standard InChI is InChI=1S/C21H23NO5/c1-4-26-18-9-7-16(8-10-18)19(23)13-27-20(24)12-22-21(25)17-6-5-14(2)15(3)11-17/h5-11H,4,12-13H2,1-3H3,(H,22,25). The summed E-state index contributed by atoms with van der Waals surface area (Å²) in [5.41, 5.74) is 2.96. The third kappa shape index (κ3) is 5.95. The number of Topliss-reactive ketones (excluding diaryl/α,β-unsaturated/α-hetero) is 1. The van der Waals surface area contributed by atoms with Gasteiger partial charge in [0.25, 0.3) is 5.91 Å². The van der Waals surface area contributed by atoms with E-state index >= 15 is 0 Å². The first-order chi connectivity index (χ1) is 12.9. The number of ketones is 1. The monoisotopic (exact) mass is 369 g/mol. The SMILES string of the molecule is CCOc1ccc(C(=O)COC(=O)CNC(=O)c2ccc(C)c(C)c2)cc1. The molecule has 0 spiro atoms. The second kappa shape index (κ2) is 9.52. The Kier molecular flexibility index (Phi) is 7.11. The minimum atomic E-state index is -0.675.